The van der Waals surface area contributed by atoms with Crippen molar-refractivity contribution < 1.29 is 4.74 Å². The molecule has 1 aliphatic rings. The second kappa shape index (κ2) is 5.82. The van der Waals surface area contributed by atoms with Crippen LogP contribution >= 0.6 is 15.9 Å². The molecule has 0 aliphatic heterocycles. The quantitative estimate of drug-likeness (QED) is 0.380. The lowest BCUT2D eigenvalue weighted by molar-refractivity contribution is 0.0104. The Morgan fingerprint density at radius 3 is 2.69 bits per heavy atom. The topological polar surface area (TPSA) is 9.23 Å². The Balaban J connectivity index is 2.00. The van der Waals surface area contributed by atoms with Crippen molar-refractivity contribution in [1.29, 1.82) is 0 Å². The summed E-state index contributed by atoms with van der Waals surface area (Å²) in [5, 5.41) is 1.10. The van der Waals surface area contributed by atoms with Crippen LogP contribution in [-0.4, -0.2) is 18.5 Å². The van der Waals surface area contributed by atoms with Crippen molar-refractivity contribution in [1.82, 2.24) is 0 Å². The summed E-state index contributed by atoms with van der Waals surface area (Å²) in [4.78, 5) is 0. The molecule has 0 aromatic rings. The number of hydrogen-bond acceptors (Lipinski definition) is 1. The Hall–Kier alpha value is 0.180. The van der Waals surface area contributed by atoms with Crippen LogP contribution in [0.5, 0.6) is 0 Å². The minimum Gasteiger partial charge on any atom is -0.381 e. The maximum absolute atomic E-state index is 5.66. The first-order valence-electron chi connectivity index (χ1n) is 5.08. The molecular formula is C11H19BrO. The fourth-order valence-corrected chi connectivity index (χ4v) is 2.33. The molecule has 1 nitrogen and oxygen atoms in total. The smallest absolute Gasteiger partial charge is 0.0530 e. The van der Waals surface area contributed by atoms with Crippen molar-refractivity contribution in [2.75, 3.05) is 18.5 Å². The van der Waals surface area contributed by atoms with Gasteiger partial charge in [-0.25, -0.2) is 0 Å². The Morgan fingerprint density at radius 1 is 1.46 bits per heavy atom. The van der Waals surface area contributed by atoms with E-state index in [1.165, 1.54) is 19.3 Å². The van der Waals surface area contributed by atoms with Crippen LogP contribution in [0.25, 0.3) is 0 Å². The molecule has 76 valence electrons. The van der Waals surface area contributed by atoms with Gasteiger partial charge < -0.3 is 4.74 Å². The van der Waals surface area contributed by atoms with E-state index in [2.05, 4.69) is 22.5 Å². The van der Waals surface area contributed by atoms with E-state index in [1.54, 1.807) is 0 Å². The highest BCUT2D eigenvalue weighted by Gasteiger charge is 2.35. The maximum Gasteiger partial charge on any atom is 0.0530 e. The number of rotatable bonds is 7. The summed E-state index contributed by atoms with van der Waals surface area (Å²) >= 11 is 3.57. The van der Waals surface area contributed by atoms with Crippen LogP contribution in [0.3, 0.4) is 0 Å². The SMILES string of the molecule is C=CCCCOCC1(CBr)CCC1. The van der Waals surface area contributed by atoms with Crippen molar-refractivity contribution in [3.63, 3.8) is 0 Å². The number of halogens is 1. The fourth-order valence-electron chi connectivity index (χ4n) is 1.61. The predicted octanol–water partition coefficient (Wildman–Crippen LogP) is 3.53. The zero-order valence-electron chi connectivity index (χ0n) is 8.23. The third kappa shape index (κ3) is 3.43. The molecule has 0 bridgehead atoms. The van der Waals surface area contributed by atoms with Crippen LogP contribution < -0.4 is 0 Å². The fraction of sp³-hybridized carbons (Fsp3) is 0.818. The summed E-state index contributed by atoms with van der Waals surface area (Å²) in [7, 11) is 0. The lowest BCUT2D eigenvalue weighted by Crippen LogP contribution is -2.36. The average molecular weight is 247 g/mol. The Kier molecular flexibility index (Phi) is 5.04. The molecule has 1 saturated carbocycles. The van der Waals surface area contributed by atoms with Crippen molar-refractivity contribution in [3.05, 3.63) is 12.7 Å². The molecule has 0 atom stereocenters. The minimum absolute atomic E-state index is 0.480. The van der Waals surface area contributed by atoms with E-state index in [1.807, 2.05) is 6.08 Å². The third-order valence-electron chi connectivity index (χ3n) is 2.80. The molecule has 0 radical (unpaired) electrons. The Morgan fingerprint density at radius 2 is 2.23 bits per heavy atom. The van der Waals surface area contributed by atoms with Crippen molar-refractivity contribution in [2.45, 2.75) is 32.1 Å². The van der Waals surface area contributed by atoms with Gasteiger partial charge in [0.25, 0.3) is 0 Å². The summed E-state index contributed by atoms with van der Waals surface area (Å²) in [5.74, 6) is 0. The molecule has 0 aromatic heterocycles. The molecule has 13 heavy (non-hydrogen) atoms. The van der Waals surface area contributed by atoms with Crippen molar-refractivity contribution in [3.8, 4) is 0 Å². The van der Waals surface area contributed by atoms with Gasteiger partial charge in [0.15, 0.2) is 0 Å². The highest BCUT2D eigenvalue weighted by Crippen LogP contribution is 2.42. The third-order valence-corrected chi connectivity index (χ3v) is 3.99. The molecule has 0 heterocycles. The largest absolute Gasteiger partial charge is 0.381 e. The first kappa shape index (κ1) is 11.3. The van der Waals surface area contributed by atoms with Gasteiger partial charge in [-0.2, -0.15) is 0 Å². The van der Waals surface area contributed by atoms with Crippen molar-refractivity contribution in [2.24, 2.45) is 5.41 Å². The van der Waals surface area contributed by atoms with Gasteiger partial charge in [0.1, 0.15) is 0 Å². The summed E-state index contributed by atoms with van der Waals surface area (Å²) in [5.41, 5.74) is 0.480. The molecule has 0 unspecified atom stereocenters. The van der Waals surface area contributed by atoms with Gasteiger partial charge in [0.05, 0.1) is 6.61 Å². The zero-order chi connectivity index (χ0) is 9.57. The van der Waals surface area contributed by atoms with Crippen LogP contribution in [0.2, 0.25) is 0 Å². The predicted molar refractivity (Wildman–Crippen MR) is 60.3 cm³/mol. The molecule has 0 N–H and O–H groups in total. The van der Waals surface area contributed by atoms with Crippen LogP contribution in [0.15, 0.2) is 12.7 Å². The van der Waals surface area contributed by atoms with Crippen LogP contribution in [0.1, 0.15) is 32.1 Å². The van der Waals surface area contributed by atoms with E-state index in [0.717, 1.165) is 31.4 Å². The number of ether oxygens (including phenoxy) is 1. The van der Waals surface area contributed by atoms with Gasteiger partial charge in [0.2, 0.25) is 0 Å². The summed E-state index contributed by atoms with van der Waals surface area (Å²) in [6.45, 7) is 5.52. The number of unbranched alkanes of at least 4 members (excludes halogenated alkanes) is 1. The molecule has 2 heteroatoms. The first-order valence-corrected chi connectivity index (χ1v) is 6.20. The normalized spacial score (nSPS) is 19.5. The van der Waals surface area contributed by atoms with Gasteiger partial charge in [-0.15, -0.1) is 6.58 Å². The molecule has 0 spiro atoms. The van der Waals surface area contributed by atoms with Gasteiger partial charge in [0, 0.05) is 17.4 Å². The van der Waals surface area contributed by atoms with E-state index >= 15 is 0 Å². The van der Waals surface area contributed by atoms with E-state index in [-0.39, 0.29) is 0 Å². The van der Waals surface area contributed by atoms with Crippen LogP contribution in [-0.2, 0) is 4.74 Å². The van der Waals surface area contributed by atoms with Gasteiger partial charge in [-0.05, 0) is 25.7 Å². The molecular weight excluding hydrogens is 228 g/mol. The van der Waals surface area contributed by atoms with Gasteiger partial charge >= 0.3 is 0 Å². The number of alkyl halides is 1. The first-order chi connectivity index (χ1) is 6.33. The minimum atomic E-state index is 0.480. The maximum atomic E-state index is 5.66. The molecule has 1 rings (SSSR count). The molecule has 1 aliphatic carbocycles. The second-order valence-electron chi connectivity index (χ2n) is 3.97. The van der Waals surface area contributed by atoms with E-state index in [4.69, 9.17) is 4.74 Å². The summed E-state index contributed by atoms with van der Waals surface area (Å²) < 4.78 is 5.66. The average Bonchev–Trinajstić information content (AvgIpc) is 2.09. The van der Waals surface area contributed by atoms with Crippen molar-refractivity contribution >= 4 is 15.9 Å². The molecule has 0 amide bonds. The lowest BCUT2D eigenvalue weighted by atomic mass is 9.71. The summed E-state index contributed by atoms with van der Waals surface area (Å²) in [6.07, 6.45) is 8.18. The van der Waals surface area contributed by atoms with Crippen LogP contribution in [0, 0.1) is 5.41 Å². The van der Waals surface area contributed by atoms with Crippen LogP contribution in [0.4, 0.5) is 0 Å². The molecule has 1 fully saturated rings. The van der Waals surface area contributed by atoms with Gasteiger partial charge in [-0.3, -0.25) is 0 Å². The zero-order valence-corrected chi connectivity index (χ0v) is 9.81. The number of allylic oxidation sites excluding steroid dienone is 1. The summed E-state index contributed by atoms with van der Waals surface area (Å²) in [6, 6.07) is 0. The monoisotopic (exact) mass is 246 g/mol. The Labute approximate surface area is 89.7 Å². The number of hydrogen-bond donors (Lipinski definition) is 0. The highest BCUT2D eigenvalue weighted by atomic mass is 79.9. The lowest BCUT2D eigenvalue weighted by Gasteiger charge is -2.40. The van der Waals surface area contributed by atoms with E-state index in [0.29, 0.717) is 5.41 Å². The Bertz CT molecular complexity index is 147. The highest BCUT2D eigenvalue weighted by molar-refractivity contribution is 9.09. The standard InChI is InChI=1S/C11H19BrO/c1-2-3-4-8-13-10-11(9-12)6-5-7-11/h2H,1,3-10H2. The van der Waals surface area contributed by atoms with Gasteiger partial charge in [-0.1, -0.05) is 28.4 Å². The molecule has 0 saturated heterocycles. The molecule has 0 aromatic carbocycles. The van der Waals surface area contributed by atoms with E-state index < -0.39 is 0 Å². The second-order valence-corrected chi connectivity index (χ2v) is 4.53. The van der Waals surface area contributed by atoms with E-state index in [9.17, 15) is 0 Å².